The van der Waals surface area contributed by atoms with E-state index in [2.05, 4.69) is 36.6 Å². The van der Waals surface area contributed by atoms with Crippen LogP contribution in [0.25, 0.3) is 0 Å². The molecule has 0 saturated heterocycles. The van der Waals surface area contributed by atoms with Crippen LogP contribution in [0.15, 0.2) is 12.2 Å². The van der Waals surface area contributed by atoms with E-state index in [1.54, 1.807) is 0 Å². The molecule has 0 aliphatic carbocycles. The maximum absolute atomic E-state index is 3.37. The maximum atomic E-state index is 3.37. The third-order valence-corrected chi connectivity index (χ3v) is 2.11. The van der Waals surface area contributed by atoms with E-state index in [1.165, 1.54) is 25.7 Å². The Hall–Kier alpha value is -0.340. The molecule has 0 unspecified atom stereocenters. The molecule has 0 saturated carbocycles. The Morgan fingerprint density at radius 3 is 1.57 bits per heavy atom. The van der Waals surface area contributed by atoms with Crippen molar-refractivity contribution < 1.29 is 0 Å². The zero-order chi connectivity index (χ0) is 10.5. The van der Waals surface area contributed by atoms with E-state index in [-0.39, 0.29) is 0 Å². The van der Waals surface area contributed by atoms with Crippen LogP contribution in [-0.4, -0.2) is 26.2 Å². The van der Waals surface area contributed by atoms with Crippen molar-refractivity contribution >= 4 is 0 Å². The molecule has 0 atom stereocenters. The van der Waals surface area contributed by atoms with Crippen LogP contribution >= 0.6 is 0 Å². The summed E-state index contributed by atoms with van der Waals surface area (Å²) in [4.78, 5) is 0. The Bertz CT molecular complexity index is 107. The fraction of sp³-hybridized carbons (Fsp3) is 0.833. The lowest BCUT2D eigenvalue weighted by molar-refractivity contribution is 0.672. The summed E-state index contributed by atoms with van der Waals surface area (Å²) in [6, 6.07) is 0. The fourth-order valence-corrected chi connectivity index (χ4v) is 1.14. The largest absolute Gasteiger partial charge is 0.313 e. The standard InChI is InChI=1S/C12H26N2/c1-3-5-9-13-11-7-8-12-14-10-6-4-2/h7-8,13-14H,3-6,9-12H2,1-2H3. The van der Waals surface area contributed by atoms with Crippen molar-refractivity contribution in [3.8, 4) is 0 Å². The lowest BCUT2D eigenvalue weighted by Gasteiger charge is -1.99. The van der Waals surface area contributed by atoms with Crippen LogP contribution in [0.2, 0.25) is 0 Å². The van der Waals surface area contributed by atoms with Crippen LogP contribution in [0, 0.1) is 0 Å². The van der Waals surface area contributed by atoms with E-state index in [4.69, 9.17) is 0 Å². The second-order valence-corrected chi connectivity index (χ2v) is 3.59. The molecule has 14 heavy (non-hydrogen) atoms. The summed E-state index contributed by atoms with van der Waals surface area (Å²) in [5.41, 5.74) is 0. The predicted octanol–water partition coefficient (Wildman–Crippen LogP) is 2.32. The van der Waals surface area contributed by atoms with E-state index in [1.807, 2.05) is 0 Å². The summed E-state index contributed by atoms with van der Waals surface area (Å²) in [6.45, 7) is 8.74. The van der Waals surface area contributed by atoms with Gasteiger partial charge < -0.3 is 10.6 Å². The highest BCUT2D eigenvalue weighted by atomic mass is 14.8. The highest BCUT2D eigenvalue weighted by Crippen LogP contribution is 1.83. The number of rotatable bonds is 10. The van der Waals surface area contributed by atoms with E-state index < -0.39 is 0 Å². The summed E-state index contributed by atoms with van der Waals surface area (Å²) in [7, 11) is 0. The Morgan fingerprint density at radius 1 is 0.786 bits per heavy atom. The van der Waals surface area contributed by atoms with E-state index in [0.717, 1.165) is 26.2 Å². The van der Waals surface area contributed by atoms with Gasteiger partial charge in [0.05, 0.1) is 0 Å². The van der Waals surface area contributed by atoms with Gasteiger partial charge in [0, 0.05) is 13.1 Å². The molecule has 0 aromatic heterocycles. The summed E-state index contributed by atoms with van der Waals surface area (Å²) >= 11 is 0. The summed E-state index contributed by atoms with van der Waals surface area (Å²) in [6.07, 6.45) is 9.51. The van der Waals surface area contributed by atoms with Gasteiger partial charge in [0.15, 0.2) is 0 Å². The second-order valence-electron chi connectivity index (χ2n) is 3.59. The van der Waals surface area contributed by atoms with Crippen LogP contribution in [0.5, 0.6) is 0 Å². The number of hydrogen-bond acceptors (Lipinski definition) is 2. The van der Waals surface area contributed by atoms with Gasteiger partial charge in [0.25, 0.3) is 0 Å². The van der Waals surface area contributed by atoms with Crippen molar-refractivity contribution in [2.45, 2.75) is 39.5 Å². The van der Waals surface area contributed by atoms with E-state index in [9.17, 15) is 0 Å². The maximum Gasteiger partial charge on any atom is 0.0135 e. The fourth-order valence-electron chi connectivity index (χ4n) is 1.14. The molecule has 0 radical (unpaired) electrons. The molecule has 0 aliphatic rings. The first-order valence-electron chi connectivity index (χ1n) is 5.98. The van der Waals surface area contributed by atoms with Gasteiger partial charge in [-0.3, -0.25) is 0 Å². The third-order valence-electron chi connectivity index (χ3n) is 2.11. The summed E-state index contributed by atoms with van der Waals surface area (Å²) in [5, 5.41) is 6.75. The minimum absolute atomic E-state index is 1.01. The van der Waals surface area contributed by atoms with Crippen LogP contribution in [-0.2, 0) is 0 Å². The molecule has 0 aliphatic heterocycles. The average Bonchev–Trinajstić information content (AvgIpc) is 2.21. The lowest BCUT2D eigenvalue weighted by atomic mass is 10.3. The molecular formula is C12H26N2. The van der Waals surface area contributed by atoms with E-state index >= 15 is 0 Å². The third kappa shape index (κ3) is 11.7. The molecule has 2 nitrogen and oxygen atoms in total. The van der Waals surface area contributed by atoms with Gasteiger partial charge in [-0.2, -0.15) is 0 Å². The van der Waals surface area contributed by atoms with Gasteiger partial charge in [0.1, 0.15) is 0 Å². The highest BCUT2D eigenvalue weighted by molar-refractivity contribution is 4.85. The Kier molecular flexibility index (Phi) is 12.4. The minimum atomic E-state index is 1.01. The van der Waals surface area contributed by atoms with Crippen molar-refractivity contribution in [1.29, 1.82) is 0 Å². The molecule has 0 fully saturated rings. The topological polar surface area (TPSA) is 24.1 Å². The molecule has 0 spiro atoms. The highest BCUT2D eigenvalue weighted by Gasteiger charge is 1.83. The molecular weight excluding hydrogens is 172 g/mol. The molecule has 2 heteroatoms. The Morgan fingerprint density at radius 2 is 1.21 bits per heavy atom. The first-order valence-corrected chi connectivity index (χ1v) is 5.98. The first kappa shape index (κ1) is 13.7. The molecule has 0 aromatic carbocycles. The molecule has 84 valence electrons. The van der Waals surface area contributed by atoms with Crippen molar-refractivity contribution in [1.82, 2.24) is 10.6 Å². The molecule has 2 N–H and O–H groups in total. The minimum Gasteiger partial charge on any atom is -0.313 e. The van der Waals surface area contributed by atoms with Crippen molar-refractivity contribution in [2.75, 3.05) is 26.2 Å². The number of nitrogens with one attached hydrogen (secondary N) is 2. The van der Waals surface area contributed by atoms with Crippen molar-refractivity contribution in [2.24, 2.45) is 0 Å². The van der Waals surface area contributed by atoms with Crippen molar-refractivity contribution in [3.63, 3.8) is 0 Å². The summed E-state index contributed by atoms with van der Waals surface area (Å²) in [5.74, 6) is 0. The normalized spacial score (nSPS) is 11.3. The first-order chi connectivity index (χ1) is 6.91. The Balaban J connectivity index is 2.96. The summed E-state index contributed by atoms with van der Waals surface area (Å²) < 4.78 is 0. The zero-order valence-corrected chi connectivity index (χ0v) is 9.81. The van der Waals surface area contributed by atoms with Gasteiger partial charge in [-0.25, -0.2) is 0 Å². The van der Waals surface area contributed by atoms with Gasteiger partial charge in [-0.05, 0) is 25.9 Å². The SMILES string of the molecule is CCCCNCC=CCNCCCC. The predicted molar refractivity (Wildman–Crippen MR) is 64.7 cm³/mol. The molecule has 0 aromatic rings. The van der Waals surface area contributed by atoms with Crippen LogP contribution < -0.4 is 10.6 Å². The quantitative estimate of drug-likeness (QED) is 0.416. The lowest BCUT2D eigenvalue weighted by Crippen LogP contribution is -2.17. The second kappa shape index (κ2) is 12.7. The van der Waals surface area contributed by atoms with Gasteiger partial charge in [-0.1, -0.05) is 38.8 Å². The van der Waals surface area contributed by atoms with Gasteiger partial charge in [0.2, 0.25) is 0 Å². The Labute approximate surface area is 89.2 Å². The van der Waals surface area contributed by atoms with E-state index in [0.29, 0.717) is 0 Å². The van der Waals surface area contributed by atoms with Crippen LogP contribution in [0.4, 0.5) is 0 Å². The number of hydrogen-bond donors (Lipinski definition) is 2. The van der Waals surface area contributed by atoms with Crippen LogP contribution in [0.1, 0.15) is 39.5 Å². The van der Waals surface area contributed by atoms with Crippen LogP contribution in [0.3, 0.4) is 0 Å². The zero-order valence-electron chi connectivity index (χ0n) is 9.81. The monoisotopic (exact) mass is 198 g/mol. The van der Waals surface area contributed by atoms with Gasteiger partial charge >= 0.3 is 0 Å². The average molecular weight is 198 g/mol. The smallest absolute Gasteiger partial charge is 0.0135 e. The van der Waals surface area contributed by atoms with Crippen molar-refractivity contribution in [3.05, 3.63) is 12.2 Å². The molecule has 0 amide bonds. The molecule has 0 bridgehead atoms. The molecule has 0 heterocycles. The number of unbranched alkanes of at least 4 members (excludes halogenated alkanes) is 2. The van der Waals surface area contributed by atoms with Gasteiger partial charge in [-0.15, -0.1) is 0 Å². The molecule has 0 rings (SSSR count).